The molecule has 0 heterocycles. The van der Waals surface area contributed by atoms with Gasteiger partial charge in [-0.15, -0.1) is 0 Å². The number of aliphatic carboxylic acids is 1. The highest BCUT2D eigenvalue weighted by atomic mass is 16.4. The van der Waals surface area contributed by atoms with Crippen LogP contribution in [-0.4, -0.2) is 23.7 Å². The van der Waals surface area contributed by atoms with E-state index in [1.165, 1.54) is 0 Å². The third kappa shape index (κ3) is 10.6. The monoisotopic (exact) mass is 228 g/mol. The largest absolute Gasteiger partial charge is 0.481 e. The molecule has 0 fully saturated rings. The van der Waals surface area contributed by atoms with Crippen molar-refractivity contribution in [2.24, 2.45) is 0 Å². The third-order valence-electron chi connectivity index (χ3n) is 1.92. The number of urea groups is 1. The molecular weight excluding hydrogens is 208 g/mol. The van der Waals surface area contributed by atoms with Gasteiger partial charge in [0, 0.05) is 19.2 Å². The number of hydrogen-bond acceptors (Lipinski definition) is 2. The fourth-order valence-corrected chi connectivity index (χ4v) is 1.08. The van der Waals surface area contributed by atoms with Gasteiger partial charge in [0.05, 0.1) is 0 Å². The zero-order chi connectivity index (χ0) is 12.2. The van der Waals surface area contributed by atoms with Crippen molar-refractivity contribution in [2.45, 2.75) is 39.0 Å². The zero-order valence-corrected chi connectivity index (χ0v) is 9.66. The number of carbonyl (C=O) groups excluding carboxylic acids is 1. The minimum Gasteiger partial charge on any atom is -0.481 e. The maximum Gasteiger partial charge on any atom is 0.318 e. The van der Waals surface area contributed by atoms with Gasteiger partial charge >= 0.3 is 12.0 Å². The molecule has 3 N–H and O–H groups in total. The zero-order valence-electron chi connectivity index (χ0n) is 9.66. The van der Waals surface area contributed by atoms with Crippen LogP contribution >= 0.6 is 0 Å². The molecule has 0 aromatic carbocycles. The summed E-state index contributed by atoms with van der Waals surface area (Å²) in [5.74, 6) is -0.768. The maximum atomic E-state index is 11.1. The number of unbranched alkanes of at least 4 members (excludes halogenated alkanes) is 2. The number of nitrogens with one attached hydrogen (secondary N) is 2. The number of carboxylic acid groups (broad SMARTS) is 1. The molecule has 0 saturated carbocycles. The Morgan fingerprint density at radius 1 is 1.25 bits per heavy atom. The van der Waals surface area contributed by atoms with Crippen molar-refractivity contribution in [1.29, 1.82) is 0 Å². The first kappa shape index (κ1) is 14.5. The van der Waals surface area contributed by atoms with Crippen LogP contribution in [0.25, 0.3) is 0 Å². The molecule has 0 spiro atoms. The second kappa shape index (κ2) is 10.0. The van der Waals surface area contributed by atoms with E-state index in [-0.39, 0.29) is 12.5 Å². The van der Waals surface area contributed by atoms with Crippen molar-refractivity contribution < 1.29 is 14.7 Å². The summed E-state index contributed by atoms with van der Waals surface area (Å²) in [6.45, 7) is 2.56. The number of hydrogen-bond donors (Lipinski definition) is 3. The highest BCUT2D eigenvalue weighted by Crippen LogP contribution is 1.98. The number of carbonyl (C=O) groups is 2. The van der Waals surface area contributed by atoms with Crippen molar-refractivity contribution in [1.82, 2.24) is 10.6 Å². The van der Waals surface area contributed by atoms with Gasteiger partial charge in [-0.25, -0.2) is 4.79 Å². The van der Waals surface area contributed by atoms with E-state index >= 15 is 0 Å². The molecule has 0 rings (SSSR count). The molecule has 0 aromatic heterocycles. The SMILES string of the molecule is CC/C=C/NC(=O)NCCCCCC(=O)O. The third-order valence-corrected chi connectivity index (χ3v) is 1.92. The Kier molecular flexibility index (Phi) is 9.06. The van der Waals surface area contributed by atoms with E-state index in [1.54, 1.807) is 6.20 Å². The quantitative estimate of drug-likeness (QED) is 0.555. The lowest BCUT2D eigenvalue weighted by molar-refractivity contribution is -0.137. The van der Waals surface area contributed by atoms with E-state index in [4.69, 9.17) is 5.11 Å². The van der Waals surface area contributed by atoms with Crippen LogP contribution in [0.15, 0.2) is 12.3 Å². The van der Waals surface area contributed by atoms with Crippen molar-refractivity contribution >= 4 is 12.0 Å². The van der Waals surface area contributed by atoms with Gasteiger partial charge in [-0.05, 0) is 19.3 Å². The lowest BCUT2D eigenvalue weighted by Crippen LogP contribution is -2.32. The molecule has 0 aliphatic heterocycles. The van der Waals surface area contributed by atoms with Gasteiger partial charge in [-0.1, -0.05) is 19.4 Å². The highest BCUT2D eigenvalue weighted by molar-refractivity contribution is 5.74. The molecule has 0 aliphatic carbocycles. The lowest BCUT2D eigenvalue weighted by Gasteiger charge is -2.03. The van der Waals surface area contributed by atoms with E-state index in [9.17, 15) is 9.59 Å². The topological polar surface area (TPSA) is 78.4 Å². The van der Waals surface area contributed by atoms with Crippen LogP contribution < -0.4 is 10.6 Å². The Labute approximate surface area is 95.9 Å². The van der Waals surface area contributed by atoms with Crippen molar-refractivity contribution in [3.8, 4) is 0 Å². The molecule has 2 amide bonds. The van der Waals surface area contributed by atoms with Crippen LogP contribution in [0.2, 0.25) is 0 Å². The van der Waals surface area contributed by atoms with Crippen molar-refractivity contribution in [3.63, 3.8) is 0 Å². The standard InChI is InChI=1S/C11H20N2O3/c1-2-3-8-12-11(16)13-9-6-4-5-7-10(14)15/h3,8H,2,4-7,9H2,1H3,(H,14,15)(H2,12,13,16)/b8-3+. The van der Waals surface area contributed by atoms with Gasteiger partial charge in [0.25, 0.3) is 0 Å². The second-order valence-electron chi connectivity index (χ2n) is 3.42. The molecule has 0 unspecified atom stereocenters. The Hall–Kier alpha value is -1.52. The van der Waals surface area contributed by atoms with E-state index in [0.717, 1.165) is 19.3 Å². The summed E-state index contributed by atoms with van der Waals surface area (Å²) in [6, 6.07) is -0.220. The highest BCUT2D eigenvalue weighted by Gasteiger charge is 1.98. The number of rotatable bonds is 8. The van der Waals surface area contributed by atoms with Crippen LogP contribution in [0.1, 0.15) is 39.0 Å². The average molecular weight is 228 g/mol. The number of allylic oxidation sites excluding steroid dienone is 1. The maximum absolute atomic E-state index is 11.1. The van der Waals surface area contributed by atoms with Crippen LogP contribution in [0.4, 0.5) is 4.79 Å². The number of amides is 2. The minimum absolute atomic E-state index is 0.200. The van der Waals surface area contributed by atoms with E-state index in [0.29, 0.717) is 13.0 Å². The summed E-state index contributed by atoms with van der Waals surface area (Å²) in [7, 11) is 0. The molecular formula is C11H20N2O3. The summed E-state index contributed by atoms with van der Waals surface area (Å²) in [6.07, 6.45) is 6.83. The molecule has 0 aliphatic rings. The van der Waals surface area contributed by atoms with E-state index in [2.05, 4.69) is 10.6 Å². The average Bonchev–Trinajstić information content (AvgIpc) is 2.23. The molecule has 0 atom stereocenters. The molecule has 5 nitrogen and oxygen atoms in total. The summed E-state index contributed by atoms with van der Waals surface area (Å²) >= 11 is 0. The first-order valence-electron chi connectivity index (χ1n) is 5.58. The Morgan fingerprint density at radius 2 is 2.00 bits per heavy atom. The summed E-state index contributed by atoms with van der Waals surface area (Å²) in [5, 5.41) is 13.6. The lowest BCUT2D eigenvalue weighted by atomic mass is 10.2. The molecule has 16 heavy (non-hydrogen) atoms. The molecule has 0 bridgehead atoms. The van der Waals surface area contributed by atoms with Gasteiger partial charge in [-0.3, -0.25) is 4.79 Å². The van der Waals surface area contributed by atoms with Crippen LogP contribution in [0.5, 0.6) is 0 Å². The smallest absolute Gasteiger partial charge is 0.318 e. The van der Waals surface area contributed by atoms with Crippen molar-refractivity contribution in [2.75, 3.05) is 6.54 Å². The van der Waals surface area contributed by atoms with Crippen LogP contribution in [0, 0.1) is 0 Å². The fraction of sp³-hybridized carbons (Fsp3) is 0.636. The van der Waals surface area contributed by atoms with Gasteiger partial charge in [0.2, 0.25) is 0 Å². The van der Waals surface area contributed by atoms with Gasteiger partial charge in [-0.2, -0.15) is 0 Å². The second-order valence-corrected chi connectivity index (χ2v) is 3.42. The first-order valence-corrected chi connectivity index (χ1v) is 5.58. The van der Waals surface area contributed by atoms with Gasteiger partial charge < -0.3 is 15.7 Å². The Bertz CT molecular complexity index is 239. The summed E-state index contributed by atoms with van der Waals surface area (Å²) in [4.78, 5) is 21.3. The predicted molar refractivity (Wildman–Crippen MR) is 62.1 cm³/mol. The van der Waals surface area contributed by atoms with E-state index < -0.39 is 5.97 Å². The molecule has 0 radical (unpaired) electrons. The Morgan fingerprint density at radius 3 is 2.62 bits per heavy atom. The van der Waals surface area contributed by atoms with E-state index in [1.807, 2.05) is 13.0 Å². The Balaban J connectivity index is 3.27. The summed E-state index contributed by atoms with van der Waals surface area (Å²) < 4.78 is 0. The summed E-state index contributed by atoms with van der Waals surface area (Å²) in [5.41, 5.74) is 0. The molecule has 5 heteroatoms. The molecule has 0 saturated heterocycles. The minimum atomic E-state index is -0.768. The predicted octanol–water partition coefficient (Wildman–Crippen LogP) is 1.85. The van der Waals surface area contributed by atoms with Crippen LogP contribution in [-0.2, 0) is 4.79 Å². The molecule has 92 valence electrons. The number of carboxylic acids is 1. The van der Waals surface area contributed by atoms with Crippen LogP contribution in [0.3, 0.4) is 0 Å². The van der Waals surface area contributed by atoms with Crippen molar-refractivity contribution in [3.05, 3.63) is 12.3 Å². The normalized spacial score (nSPS) is 10.3. The van der Waals surface area contributed by atoms with Gasteiger partial charge in [0.15, 0.2) is 0 Å². The molecule has 0 aromatic rings. The van der Waals surface area contributed by atoms with Gasteiger partial charge in [0.1, 0.15) is 0 Å². The fourth-order valence-electron chi connectivity index (χ4n) is 1.08. The first-order chi connectivity index (χ1) is 7.66.